The average Bonchev–Trinajstić information content (AvgIpc) is 3.13. The zero-order valence-electron chi connectivity index (χ0n) is 12.7. The summed E-state index contributed by atoms with van der Waals surface area (Å²) in [4.78, 5) is 0. The monoisotopic (exact) mass is 275 g/mol. The second kappa shape index (κ2) is 7.29. The van der Waals surface area contributed by atoms with Gasteiger partial charge < -0.3 is 9.73 Å². The second-order valence-electron chi connectivity index (χ2n) is 5.44. The van der Waals surface area contributed by atoms with Crippen LogP contribution in [0, 0.1) is 0 Å². The number of aryl methyl sites for hydroxylation is 1. The molecule has 0 aliphatic heterocycles. The minimum atomic E-state index is 0.453. The number of aromatic nitrogens is 2. The van der Waals surface area contributed by atoms with Crippen molar-refractivity contribution in [1.29, 1.82) is 0 Å². The van der Waals surface area contributed by atoms with Gasteiger partial charge in [0.15, 0.2) is 0 Å². The van der Waals surface area contributed by atoms with E-state index in [0.29, 0.717) is 12.1 Å². The van der Waals surface area contributed by atoms with Crippen LogP contribution in [0.5, 0.6) is 0 Å². The van der Waals surface area contributed by atoms with E-state index in [0.717, 1.165) is 37.3 Å². The summed E-state index contributed by atoms with van der Waals surface area (Å²) in [6, 6.07) is 6.99. The zero-order valence-corrected chi connectivity index (χ0v) is 12.7. The molecule has 0 spiro atoms. The van der Waals surface area contributed by atoms with Crippen LogP contribution in [0.3, 0.4) is 0 Å². The predicted octanol–water partition coefficient (Wildman–Crippen LogP) is 3.56. The van der Waals surface area contributed by atoms with E-state index in [-0.39, 0.29) is 0 Å². The van der Waals surface area contributed by atoms with Crippen LogP contribution in [0.1, 0.15) is 51.1 Å². The molecule has 110 valence electrons. The van der Waals surface area contributed by atoms with Crippen LogP contribution in [0.2, 0.25) is 0 Å². The Balaban J connectivity index is 1.72. The molecule has 2 unspecified atom stereocenters. The van der Waals surface area contributed by atoms with Gasteiger partial charge in [-0.1, -0.05) is 6.92 Å². The van der Waals surface area contributed by atoms with Crippen LogP contribution in [-0.4, -0.2) is 15.8 Å². The molecule has 0 aliphatic rings. The molecule has 2 rings (SSSR count). The Bertz CT molecular complexity index is 490. The SMILES string of the molecule is CCC(C)n1ccc(CNC(C)CCc2ccco2)n1. The highest BCUT2D eigenvalue weighted by molar-refractivity contribution is 5.00. The molecule has 0 radical (unpaired) electrons. The largest absolute Gasteiger partial charge is 0.469 e. The van der Waals surface area contributed by atoms with Gasteiger partial charge in [0.25, 0.3) is 0 Å². The molecule has 4 nitrogen and oxygen atoms in total. The number of nitrogens with one attached hydrogen (secondary N) is 1. The van der Waals surface area contributed by atoms with Crippen molar-refractivity contribution >= 4 is 0 Å². The molecule has 0 saturated heterocycles. The van der Waals surface area contributed by atoms with Crippen LogP contribution in [0.4, 0.5) is 0 Å². The third-order valence-electron chi connectivity index (χ3n) is 3.74. The summed E-state index contributed by atoms with van der Waals surface area (Å²) in [6.45, 7) is 7.40. The van der Waals surface area contributed by atoms with Gasteiger partial charge >= 0.3 is 0 Å². The van der Waals surface area contributed by atoms with Gasteiger partial charge in [0, 0.05) is 31.2 Å². The van der Waals surface area contributed by atoms with E-state index < -0.39 is 0 Å². The van der Waals surface area contributed by atoms with Crippen molar-refractivity contribution in [3.8, 4) is 0 Å². The Morgan fingerprint density at radius 3 is 2.90 bits per heavy atom. The Hall–Kier alpha value is -1.55. The molecular weight excluding hydrogens is 250 g/mol. The number of rotatable bonds is 8. The van der Waals surface area contributed by atoms with Crippen molar-refractivity contribution in [3.05, 3.63) is 42.1 Å². The van der Waals surface area contributed by atoms with E-state index in [1.165, 1.54) is 0 Å². The summed E-state index contributed by atoms with van der Waals surface area (Å²) in [5.41, 5.74) is 1.11. The van der Waals surface area contributed by atoms with Gasteiger partial charge in [-0.2, -0.15) is 5.10 Å². The van der Waals surface area contributed by atoms with Gasteiger partial charge in [0.05, 0.1) is 12.0 Å². The van der Waals surface area contributed by atoms with Crippen molar-refractivity contribution in [2.75, 3.05) is 0 Å². The van der Waals surface area contributed by atoms with Crippen molar-refractivity contribution in [2.45, 2.75) is 58.7 Å². The van der Waals surface area contributed by atoms with E-state index in [1.807, 2.05) is 16.8 Å². The van der Waals surface area contributed by atoms with E-state index in [1.54, 1.807) is 6.26 Å². The maximum atomic E-state index is 5.35. The summed E-state index contributed by atoms with van der Waals surface area (Å²) in [5, 5.41) is 8.11. The summed E-state index contributed by atoms with van der Waals surface area (Å²) < 4.78 is 7.39. The third-order valence-corrected chi connectivity index (χ3v) is 3.74. The molecule has 0 aromatic carbocycles. The van der Waals surface area contributed by atoms with Crippen LogP contribution in [0.15, 0.2) is 35.1 Å². The molecular formula is C16H25N3O. The summed E-state index contributed by atoms with van der Waals surface area (Å²) in [5.74, 6) is 1.06. The lowest BCUT2D eigenvalue weighted by Gasteiger charge is -2.12. The molecule has 2 aromatic rings. The molecule has 2 aromatic heterocycles. The fraction of sp³-hybridized carbons (Fsp3) is 0.562. The molecule has 2 heterocycles. The summed E-state index contributed by atoms with van der Waals surface area (Å²) in [6.07, 6.45) is 6.95. The zero-order chi connectivity index (χ0) is 14.4. The highest BCUT2D eigenvalue weighted by Gasteiger charge is 2.07. The first kappa shape index (κ1) is 14.9. The number of hydrogen-bond donors (Lipinski definition) is 1. The summed E-state index contributed by atoms with van der Waals surface area (Å²) >= 11 is 0. The standard InChI is InChI=1S/C16H25N3O/c1-4-14(3)19-10-9-15(18-19)12-17-13(2)7-8-16-6-5-11-20-16/h5-6,9-11,13-14,17H,4,7-8,12H2,1-3H3. The lowest BCUT2D eigenvalue weighted by molar-refractivity contribution is 0.449. The van der Waals surface area contributed by atoms with E-state index >= 15 is 0 Å². The number of nitrogens with zero attached hydrogens (tertiary/aromatic N) is 2. The predicted molar refractivity (Wildman–Crippen MR) is 80.6 cm³/mol. The van der Waals surface area contributed by atoms with Crippen LogP contribution < -0.4 is 5.32 Å². The normalized spacial score (nSPS) is 14.3. The smallest absolute Gasteiger partial charge is 0.103 e. The fourth-order valence-corrected chi connectivity index (χ4v) is 2.10. The van der Waals surface area contributed by atoms with Crippen LogP contribution >= 0.6 is 0 Å². The van der Waals surface area contributed by atoms with Crippen LogP contribution in [0.25, 0.3) is 0 Å². The minimum absolute atomic E-state index is 0.453. The van der Waals surface area contributed by atoms with Gasteiger partial charge in [-0.15, -0.1) is 0 Å². The van der Waals surface area contributed by atoms with Gasteiger partial charge in [0.1, 0.15) is 5.76 Å². The topological polar surface area (TPSA) is 43.0 Å². The molecule has 1 N–H and O–H groups in total. The maximum Gasteiger partial charge on any atom is 0.103 e. The van der Waals surface area contributed by atoms with Crippen molar-refractivity contribution in [2.24, 2.45) is 0 Å². The molecule has 2 atom stereocenters. The van der Waals surface area contributed by atoms with E-state index in [9.17, 15) is 0 Å². The molecule has 20 heavy (non-hydrogen) atoms. The Labute approximate surface area is 121 Å². The van der Waals surface area contributed by atoms with Crippen LogP contribution in [-0.2, 0) is 13.0 Å². The van der Waals surface area contributed by atoms with E-state index in [4.69, 9.17) is 4.42 Å². The molecule has 0 fully saturated rings. The lowest BCUT2D eigenvalue weighted by atomic mass is 10.1. The Morgan fingerprint density at radius 1 is 1.35 bits per heavy atom. The van der Waals surface area contributed by atoms with Crippen molar-refractivity contribution < 1.29 is 4.42 Å². The van der Waals surface area contributed by atoms with Gasteiger partial charge in [-0.25, -0.2) is 0 Å². The summed E-state index contributed by atoms with van der Waals surface area (Å²) in [7, 11) is 0. The third kappa shape index (κ3) is 4.23. The molecule has 0 bridgehead atoms. The number of furan rings is 1. The number of hydrogen-bond acceptors (Lipinski definition) is 3. The molecule has 4 heteroatoms. The van der Waals surface area contributed by atoms with Gasteiger partial charge in [-0.05, 0) is 44.9 Å². The molecule has 0 saturated carbocycles. The fourth-order valence-electron chi connectivity index (χ4n) is 2.10. The maximum absolute atomic E-state index is 5.35. The first-order valence-corrected chi connectivity index (χ1v) is 7.48. The van der Waals surface area contributed by atoms with Gasteiger partial charge in [0.2, 0.25) is 0 Å². The quantitative estimate of drug-likeness (QED) is 0.801. The highest BCUT2D eigenvalue weighted by atomic mass is 16.3. The molecule has 0 amide bonds. The Morgan fingerprint density at radius 2 is 2.20 bits per heavy atom. The lowest BCUT2D eigenvalue weighted by Crippen LogP contribution is -2.26. The van der Waals surface area contributed by atoms with E-state index in [2.05, 4.69) is 43.4 Å². The minimum Gasteiger partial charge on any atom is -0.469 e. The first-order chi connectivity index (χ1) is 9.69. The first-order valence-electron chi connectivity index (χ1n) is 7.48. The van der Waals surface area contributed by atoms with Crippen molar-refractivity contribution in [3.63, 3.8) is 0 Å². The average molecular weight is 275 g/mol. The Kier molecular flexibility index (Phi) is 5.41. The van der Waals surface area contributed by atoms with Crippen molar-refractivity contribution in [1.82, 2.24) is 15.1 Å². The highest BCUT2D eigenvalue weighted by Crippen LogP contribution is 2.10. The molecule has 0 aliphatic carbocycles. The second-order valence-corrected chi connectivity index (χ2v) is 5.44. The van der Waals surface area contributed by atoms with Gasteiger partial charge in [-0.3, -0.25) is 4.68 Å².